The second kappa shape index (κ2) is 9.12. The van der Waals surface area contributed by atoms with Crippen LogP contribution in [0, 0.1) is 0 Å². The highest BCUT2D eigenvalue weighted by Crippen LogP contribution is 2.44. The van der Waals surface area contributed by atoms with Crippen LogP contribution in [-0.4, -0.2) is 9.13 Å². The summed E-state index contributed by atoms with van der Waals surface area (Å²) in [4.78, 5) is 0. The highest BCUT2D eigenvalue weighted by molar-refractivity contribution is 6.31. The molecule has 0 N–H and O–H groups in total. The molecule has 0 unspecified atom stereocenters. The van der Waals surface area contributed by atoms with E-state index in [4.69, 9.17) is 4.42 Å². The van der Waals surface area contributed by atoms with E-state index in [-0.39, 0.29) is 0 Å². The highest BCUT2D eigenvalue weighted by Gasteiger charge is 2.22. The molecule has 0 spiro atoms. The number of hydrogen-bond acceptors (Lipinski definition) is 1. The van der Waals surface area contributed by atoms with Crippen LogP contribution in [-0.2, 0) is 0 Å². The largest absolute Gasteiger partial charge is 0.456 e. The third-order valence-corrected chi connectivity index (χ3v) is 10.0. The summed E-state index contributed by atoms with van der Waals surface area (Å²) in [6.07, 6.45) is 0. The molecule has 11 aromatic rings. The molecule has 3 aromatic heterocycles. The van der Waals surface area contributed by atoms with Gasteiger partial charge in [-0.1, -0.05) is 97.1 Å². The van der Waals surface area contributed by atoms with E-state index in [1.807, 2.05) is 0 Å². The monoisotopic (exact) mass is 598 g/mol. The van der Waals surface area contributed by atoms with Crippen LogP contribution in [0.1, 0.15) is 0 Å². The van der Waals surface area contributed by atoms with Gasteiger partial charge >= 0.3 is 0 Å². The summed E-state index contributed by atoms with van der Waals surface area (Å²) in [5.41, 5.74) is 8.93. The van der Waals surface area contributed by atoms with Gasteiger partial charge in [-0.15, -0.1) is 0 Å². The maximum atomic E-state index is 6.42. The van der Waals surface area contributed by atoms with Crippen LogP contribution in [0.3, 0.4) is 0 Å². The van der Waals surface area contributed by atoms with Crippen molar-refractivity contribution in [3.8, 4) is 11.4 Å². The topological polar surface area (TPSA) is 23.0 Å². The van der Waals surface area contributed by atoms with E-state index in [1.165, 1.54) is 65.2 Å². The Balaban J connectivity index is 1.31. The van der Waals surface area contributed by atoms with Crippen LogP contribution in [0.2, 0.25) is 0 Å². The Morgan fingerprint density at radius 2 is 1.00 bits per heavy atom. The molecule has 0 amide bonds. The molecular weight excluding hydrogens is 572 g/mol. The smallest absolute Gasteiger partial charge is 0.136 e. The summed E-state index contributed by atoms with van der Waals surface area (Å²) < 4.78 is 11.3. The fourth-order valence-electron chi connectivity index (χ4n) is 8.04. The minimum Gasteiger partial charge on any atom is -0.456 e. The Bertz CT molecular complexity index is 3070. The molecule has 47 heavy (non-hydrogen) atoms. The summed E-state index contributed by atoms with van der Waals surface area (Å²) in [5.74, 6) is 0. The molecule has 0 aliphatic rings. The quantitative estimate of drug-likeness (QED) is 0.194. The lowest BCUT2D eigenvalue weighted by molar-refractivity contribution is 0.669. The van der Waals surface area contributed by atoms with Gasteiger partial charge in [0, 0.05) is 49.1 Å². The third kappa shape index (κ3) is 3.35. The van der Waals surface area contributed by atoms with Crippen LogP contribution in [0.25, 0.3) is 98.5 Å². The van der Waals surface area contributed by atoms with Crippen molar-refractivity contribution in [1.29, 1.82) is 0 Å². The summed E-state index contributed by atoms with van der Waals surface area (Å²) in [5, 5.41) is 12.2. The molecule has 0 saturated carbocycles. The number of rotatable bonds is 2. The molecular formula is C44H26N2O. The highest BCUT2D eigenvalue weighted by atomic mass is 16.3. The van der Waals surface area contributed by atoms with E-state index in [2.05, 4.69) is 167 Å². The third-order valence-electron chi connectivity index (χ3n) is 10.0. The van der Waals surface area contributed by atoms with Gasteiger partial charge in [-0.2, -0.15) is 0 Å². The lowest BCUT2D eigenvalue weighted by atomic mass is 10.0. The van der Waals surface area contributed by atoms with Crippen molar-refractivity contribution < 1.29 is 4.42 Å². The van der Waals surface area contributed by atoms with Gasteiger partial charge in [-0.05, 0) is 76.8 Å². The SMILES string of the molecule is c1ccc(-n2c3ccccc3c3c4c5ccc6ccccc6c5n(-c5ccc6oc7cc8ccccc8cc7c6c5)c4ccc32)cc1. The molecule has 8 aromatic carbocycles. The number of nitrogens with zero attached hydrogens (tertiary/aromatic N) is 2. The fourth-order valence-corrected chi connectivity index (χ4v) is 8.04. The first kappa shape index (κ1) is 24.9. The van der Waals surface area contributed by atoms with E-state index in [0.29, 0.717) is 0 Å². The Morgan fingerprint density at radius 3 is 1.85 bits per heavy atom. The van der Waals surface area contributed by atoms with Gasteiger partial charge in [0.2, 0.25) is 0 Å². The lowest BCUT2D eigenvalue weighted by Crippen LogP contribution is -1.95. The van der Waals surface area contributed by atoms with E-state index < -0.39 is 0 Å². The standard InChI is InChI=1S/C44H26N2O/c1-2-13-30(14-3-1)45-37-17-9-8-16-33(37)42-38(45)21-22-39-43(42)34-20-18-27-10-6-7-15-32(27)44(34)46(39)31-19-23-40-36(26-31)35-24-28-11-4-5-12-29(28)25-41(35)47-40/h1-26H. The fraction of sp³-hybridized carbons (Fsp3) is 0. The number of furan rings is 1. The molecule has 3 heterocycles. The first-order valence-electron chi connectivity index (χ1n) is 16.1. The first-order valence-corrected chi connectivity index (χ1v) is 16.1. The van der Waals surface area contributed by atoms with Crippen LogP contribution in [0.15, 0.2) is 162 Å². The zero-order valence-corrected chi connectivity index (χ0v) is 25.3. The molecule has 0 saturated heterocycles. The predicted octanol–water partition coefficient (Wildman–Crippen LogP) is 12.1. The Labute approximate surface area is 269 Å². The lowest BCUT2D eigenvalue weighted by Gasteiger charge is -2.10. The first-order chi connectivity index (χ1) is 23.3. The van der Waals surface area contributed by atoms with E-state index in [1.54, 1.807) is 0 Å². The second-order valence-corrected chi connectivity index (χ2v) is 12.5. The average molecular weight is 599 g/mol. The molecule has 11 rings (SSSR count). The van der Waals surface area contributed by atoms with Gasteiger partial charge in [0.25, 0.3) is 0 Å². The van der Waals surface area contributed by atoms with Crippen LogP contribution >= 0.6 is 0 Å². The summed E-state index contributed by atoms with van der Waals surface area (Å²) in [6.45, 7) is 0. The molecule has 0 fully saturated rings. The maximum Gasteiger partial charge on any atom is 0.136 e. The molecule has 3 heteroatoms. The predicted molar refractivity (Wildman–Crippen MR) is 197 cm³/mol. The van der Waals surface area contributed by atoms with Crippen LogP contribution in [0.5, 0.6) is 0 Å². The zero-order chi connectivity index (χ0) is 30.6. The average Bonchev–Trinajstić information content (AvgIpc) is 3.78. The van der Waals surface area contributed by atoms with Gasteiger partial charge in [0.15, 0.2) is 0 Å². The van der Waals surface area contributed by atoms with E-state index in [0.717, 1.165) is 33.3 Å². The van der Waals surface area contributed by atoms with Crippen molar-refractivity contribution in [2.45, 2.75) is 0 Å². The molecule has 0 atom stereocenters. The maximum absolute atomic E-state index is 6.42. The van der Waals surface area contributed by atoms with Crippen molar-refractivity contribution in [1.82, 2.24) is 9.13 Å². The normalized spacial score (nSPS) is 12.3. The number of para-hydroxylation sites is 2. The van der Waals surface area contributed by atoms with Crippen molar-refractivity contribution in [2.75, 3.05) is 0 Å². The second-order valence-electron chi connectivity index (χ2n) is 12.5. The molecule has 0 aliphatic heterocycles. The molecule has 0 radical (unpaired) electrons. The molecule has 0 aliphatic carbocycles. The van der Waals surface area contributed by atoms with Gasteiger partial charge in [0.1, 0.15) is 11.2 Å². The Hall–Kier alpha value is -6.32. The summed E-state index contributed by atoms with van der Waals surface area (Å²) >= 11 is 0. The van der Waals surface area contributed by atoms with Gasteiger partial charge in [-0.3, -0.25) is 0 Å². The van der Waals surface area contributed by atoms with E-state index in [9.17, 15) is 0 Å². The van der Waals surface area contributed by atoms with Crippen molar-refractivity contribution in [2.24, 2.45) is 0 Å². The number of benzene rings is 8. The van der Waals surface area contributed by atoms with Crippen molar-refractivity contribution >= 4 is 87.1 Å². The van der Waals surface area contributed by atoms with Crippen LogP contribution < -0.4 is 0 Å². The summed E-state index contributed by atoms with van der Waals surface area (Å²) in [7, 11) is 0. The zero-order valence-electron chi connectivity index (χ0n) is 25.3. The van der Waals surface area contributed by atoms with Crippen molar-refractivity contribution in [3.05, 3.63) is 158 Å². The van der Waals surface area contributed by atoms with E-state index >= 15 is 0 Å². The number of fused-ring (bicyclic) bond motifs is 13. The van der Waals surface area contributed by atoms with Gasteiger partial charge in [-0.25, -0.2) is 0 Å². The number of aromatic nitrogens is 2. The summed E-state index contributed by atoms with van der Waals surface area (Å²) in [6, 6.07) is 57.1. The number of hydrogen-bond donors (Lipinski definition) is 0. The molecule has 0 bridgehead atoms. The van der Waals surface area contributed by atoms with Crippen LogP contribution in [0.4, 0.5) is 0 Å². The minimum absolute atomic E-state index is 0.901. The molecule has 3 nitrogen and oxygen atoms in total. The Kier molecular flexibility index (Phi) is 4.84. The van der Waals surface area contributed by atoms with Gasteiger partial charge in [0.05, 0.1) is 22.1 Å². The van der Waals surface area contributed by atoms with Gasteiger partial charge < -0.3 is 13.6 Å². The molecule has 218 valence electrons. The van der Waals surface area contributed by atoms with Crippen molar-refractivity contribution in [3.63, 3.8) is 0 Å². The minimum atomic E-state index is 0.901. The Morgan fingerprint density at radius 1 is 0.340 bits per heavy atom.